The van der Waals surface area contributed by atoms with Crippen molar-refractivity contribution in [1.29, 1.82) is 5.26 Å². The number of hydrogen-bond donors (Lipinski definition) is 1. The third-order valence-electron chi connectivity index (χ3n) is 3.90. The van der Waals surface area contributed by atoms with Crippen LogP contribution in [0.3, 0.4) is 0 Å². The highest BCUT2D eigenvalue weighted by Gasteiger charge is 2.19. The van der Waals surface area contributed by atoms with E-state index in [2.05, 4.69) is 17.1 Å². The van der Waals surface area contributed by atoms with Crippen molar-refractivity contribution in [3.8, 4) is 6.07 Å². The highest BCUT2D eigenvalue weighted by Crippen LogP contribution is 2.25. The first-order valence-corrected chi connectivity index (χ1v) is 7.32. The summed E-state index contributed by atoms with van der Waals surface area (Å²) < 4.78 is 0. The third kappa shape index (κ3) is 3.70. The van der Waals surface area contributed by atoms with Gasteiger partial charge in [-0.15, -0.1) is 0 Å². The van der Waals surface area contributed by atoms with Gasteiger partial charge < -0.3 is 10.2 Å². The van der Waals surface area contributed by atoms with Gasteiger partial charge in [-0.05, 0) is 38.4 Å². The maximum Gasteiger partial charge on any atom is 0.287 e. The zero-order valence-corrected chi connectivity index (χ0v) is 12.2. The van der Waals surface area contributed by atoms with Crippen LogP contribution in [-0.2, 0) is 0 Å². The molecule has 1 aliphatic heterocycles. The van der Waals surface area contributed by atoms with E-state index in [0.29, 0.717) is 6.04 Å². The Morgan fingerprint density at radius 3 is 2.90 bits per heavy atom. The second kappa shape index (κ2) is 7.04. The summed E-state index contributed by atoms with van der Waals surface area (Å²) in [6, 6.07) is 7.12. The second-order valence-corrected chi connectivity index (χ2v) is 5.26. The van der Waals surface area contributed by atoms with Crippen molar-refractivity contribution in [2.75, 3.05) is 24.5 Å². The molecule has 1 saturated heterocycles. The molecule has 0 amide bonds. The molecule has 1 aliphatic rings. The molecule has 0 aromatic heterocycles. The lowest BCUT2D eigenvalue weighted by atomic mass is 10.0. The fourth-order valence-electron chi connectivity index (χ4n) is 2.73. The van der Waals surface area contributed by atoms with Gasteiger partial charge in [0.25, 0.3) is 5.69 Å². The molecule has 0 radical (unpaired) electrons. The minimum absolute atomic E-state index is 0.118. The molecule has 6 nitrogen and oxygen atoms in total. The van der Waals surface area contributed by atoms with Gasteiger partial charge in [0.05, 0.1) is 4.92 Å². The summed E-state index contributed by atoms with van der Waals surface area (Å²) in [7, 11) is 0. The Morgan fingerprint density at radius 2 is 2.33 bits per heavy atom. The Balaban J connectivity index is 2.17. The van der Waals surface area contributed by atoms with Crippen molar-refractivity contribution in [3.05, 3.63) is 33.9 Å². The number of nitrogens with zero attached hydrogens (tertiary/aromatic N) is 3. The molecule has 1 atom stereocenters. The predicted molar refractivity (Wildman–Crippen MR) is 81.3 cm³/mol. The first-order valence-electron chi connectivity index (χ1n) is 7.32. The van der Waals surface area contributed by atoms with Crippen molar-refractivity contribution < 1.29 is 4.92 Å². The van der Waals surface area contributed by atoms with E-state index in [1.165, 1.54) is 18.9 Å². The lowest BCUT2D eigenvalue weighted by Gasteiger charge is -2.31. The van der Waals surface area contributed by atoms with Gasteiger partial charge in [0.2, 0.25) is 0 Å². The number of rotatable bonds is 5. The van der Waals surface area contributed by atoms with Gasteiger partial charge in [0.1, 0.15) is 11.6 Å². The van der Waals surface area contributed by atoms with Crippen LogP contribution >= 0.6 is 0 Å². The zero-order chi connectivity index (χ0) is 15.2. The first-order chi connectivity index (χ1) is 10.2. The molecule has 1 heterocycles. The Hall–Kier alpha value is -2.13. The van der Waals surface area contributed by atoms with E-state index in [0.717, 1.165) is 31.7 Å². The smallest absolute Gasteiger partial charge is 0.287 e. The quantitative estimate of drug-likeness (QED) is 0.664. The molecule has 1 unspecified atom stereocenters. The number of hydrogen-bond acceptors (Lipinski definition) is 5. The fraction of sp³-hybridized carbons (Fsp3) is 0.533. The molecule has 112 valence electrons. The van der Waals surface area contributed by atoms with Gasteiger partial charge in [0, 0.05) is 30.9 Å². The molecule has 1 aromatic carbocycles. The molecular weight excluding hydrogens is 268 g/mol. The largest absolute Gasteiger partial charge is 0.370 e. The average Bonchev–Trinajstić information content (AvgIpc) is 2.52. The summed E-state index contributed by atoms with van der Waals surface area (Å²) in [5.41, 5.74) is 0.854. The van der Waals surface area contributed by atoms with Gasteiger partial charge in [-0.25, -0.2) is 0 Å². The van der Waals surface area contributed by atoms with Crippen LogP contribution < -0.4 is 10.2 Å². The molecule has 1 aromatic rings. The highest BCUT2D eigenvalue weighted by atomic mass is 16.6. The van der Waals surface area contributed by atoms with Crippen molar-refractivity contribution >= 4 is 11.4 Å². The first kappa shape index (κ1) is 15.3. The molecule has 0 spiro atoms. The zero-order valence-electron chi connectivity index (χ0n) is 12.2. The molecule has 0 bridgehead atoms. The number of benzene rings is 1. The third-order valence-corrected chi connectivity index (χ3v) is 3.90. The fourth-order valence-corrected chi connectivity index (χ4v) is 2.73. The Labute approximate surface area is 124 Å². The maximum atomic E-state index is 10.9. The lowest BCUT2D eigenvalue weighted by molar-refractivity contribution is -0.385. The second-order valence-electron chi connectivity index (χ2n) is 5.26. The predicted octanol–water partition coefficient (Wildman–Crippen LogP) is 2.43. The number of anilines is 1. The van der Waals surface area contributed by atoms with Crippen molar-refractivity contribution in [2.24, 2.45) is 0 Å². The van der Waals surface area contributed by atoms with Crippen LogP contribution in [0.25, 0.3) is 0 Å². The Kier molecular flexibility index (Phi) is 5.12. The molecule has 2 rings (SSSR count). The van der Waals surface area contributed by atoms with Gasteiger partial charge in [-0.2, -0.15) is 5.26 Å². The van der Waals surface area contributed by atoms with E-state index in [1.54, 1.807) is 12.1 Å². The van der Waals surface area contributed by atoms with Crippen molar-refractivity contribution in [3.63, 3.8) is 0 Å². The number of nitrogens with one attached hydrogen (secondary N) is 1. The highest BCUT2D eigenvalue weighted by molar-refractivity contribution is 5.59. The van der Waals surface area contributed by atoms with E-state index < -0.39 is 4.92 Å². The maximum absolute atomic E-state index is 10.9. The summed E-state index contributed by atoms with van der Waals surface area (Å²) in [5, 5.41) is 23.5. The monoisotopic (exact) mass is 288 g/mol. The molecule has 1 fully saturated rings. The normalized spacial score (nSPS) is 18.0. The van der Waals surface area contributed by atoms with Crippen LogP contribution in [0.2, 0.25) is 0 Å². The van der Waals surface area contributed by atoms with E-state index in [1.807, 2.05) is 6.07 Å². The average molecular weight is 288 g/mol. The number of nitro groups is 1. The van der Waals surface area contributed by atoms with Crippen LogP contribution in [0.1, 0.15) is 31.7 Å². The van der Waals surface area contributed by atoms with Crippen LogP contribution in [-0.4, -0.2) is 30.6 Å². The lowest BCUT2D eigenvalue weighted by Crippen LogP contribution is -2.43. The summed E-state index contributed by atoms with van der Waals surface area (Å²) in [5.74, 6) is 0. The van der Waals surface area contributed by atoms with Crippen LogP contribution in [0.15, 0.2) is 18.2 Å². The molecule has 0 saturated carbocycles. The van der Waals surface area contributed by atoms with Crippen LogP contribution in [0, 0.1) is 21.4 Å². The topological polar surface area (TPSA) is 82.2 Å². The molecule has 1 N–H and O–H groups in total. The van der Waals surface area contributed by atoms with E-state index in [4.69, 9.17) is 5.26 Å². The summed E-state index contributed by atoms with van der Waals surface area (Å²) in [6.45, 7) is 4.77. The number of likely N-dealkylation sites (N-methyl/N-ethyl adjacent to an activating group) is 1. The summed E-state index contributed by atoms with van der Waals surface area (Å²) in [6.07, 6.45) is 3.60. The number of nitro benzene ring substituents is 1. The van der Waals surface area contributed by atoms with Gasteiger partial charge in [-0.3, -0.25) is 10.1 Å². The van der Waals surface area contributed by atoms with Gasteiger partial charge in [0.15, 0.2) is 0 Å². The minimum Gasteiger partial charge on any atom is -0.370 e. The minimum atomic E-state index is -0.513. The molecule has 0 aliphatic carbocycles. The van der Waals surface area contributed by atoms with E-state index in [9.17, 15) is 10.1 Å². The van der Waals surface area contributed by atoms with E-state index >= 15 is 0 Å². The SMILES string of the molecule is CCN(CC1CCCCN1)c1ccc([N+](=O)[O-])c(C#N)c1. The number of piperidine rings is 1. The van der Waals surface area contributed by atoms with Crippen molar-refractivity contribution in [2.45, 2.75) is 32.2 Å². The van der Waals surface area contributed by atoms with Crippen LogP contribution in [0.4, 0.5) is 11.4 Å². The van der Waals surface area contributed by atoms with Crippen molar-refractivity contribution in [1.82, 2.24) is 5.32 Å². The Morgan fingerprint density at radius 1 is 1.52 bits per heavy atom. The Bertz CT molecular complexity index is 547. The van der Waals surface area contributed by atoms with Gasteiger partial charge >= 0.3 is 0 Å². The van der Waals surface area contributed by atoms with E-state index in [-0.39, 0.29) is 11.3 Å². The number of nitriles is 1. The summed E-state index contributed by atoms with van der Waals surface area (Å²) in [4.78, 5) is 12.5. The molecule has 21 heavy (non-hydrogen) atoms. The molecular formula is C15H20N4O2. The summed E-state index contributed by atoms with van der Waals surface area (Å²) >= 11 is 0. The molecule has 6 heteroatoms. The van der Waals surface area contributed by atoms with Crippen LogP contribution in [0.5, 0.6) is 0 Å². The standard InChI is InChI=1S/C15H20N4O2/c1-2-18(11-13-5-3-4-8-17-13)14-6-7-15(19(20)21)12(9-14)10-16/h6-7,9,13,17H,2-5,8,11H2,1H3. The van der Waals surface area contributed by atoms with Gasteiger partial charge in [-0.1, -0.05) is 6.42 Å².